The summed E-state index contributed by atoms with van der Waals surface area (Å²) in [6.45, 7) is 3.93. The largest absolute Gasteiger partial charge is 0.388 e. The van der Waals surface area contributed by atoms with Gasteiger partial charge in [0.25, 0.3) is 0 Å². The van der Waals surface area contributed by atoms with Crippen LogP contribution in [0.5, 0.6) is 0 Å². The predicted octanol–water partition coefficient (Wildman–Crippen LogP) is 2.62. The molecule has 1 atom stereocenters. The third-order valence-electron chi connectivity index (χ3n) is 3.23. The van der Waals surface area contributed by atoms with Gasteiger partial charge in [-0.3, -0.25) is 9.67 Å². The van der Waals surface area contributed by atoms with Crippen molar-refractivity contribution in [3.8, 4) is 0 Å². The molecule has 0 radical (unpaired) electrons. The molecule has 0 aliphatic heterocycles. The van der Waals surface area contributed by atoms with Crippen molar-refractivity contribution in [1.29, 1.82) is 0 Å². The van der Waals surface area contributed by atoms with Gasteiger partial charge in [0.15, 0.2) is 0 Å². The molecular weight excluding hydrogens is 262 g/mol. The smallest absolute Gasteiger partial charge is 0.132 e. The van der Waals surface area contributed by atoms with Gasteiger partial charge in [-0.05, 0) is 25.0 Å². The minimum Gasteiger partial charge on any atom is -0.388 e. The monoisotopic (exact) mass is 279 g/mol. The molecule has 102 valence electrons. The quantitative estimate of drug-likeness (QED) is 0.936. The van der Waals surface area contributed by atoms with Gasteiger partial charge in [-0.2, -0.15) is 5.10 Å². The fourth-order valence-electron chi connectivity index (χ4n) is 2.11. The Kier molecular flexibility index (Phi) is 4.22. The molecule has 5 heteroatoms. The summed E-state index contributed by atoms with van der Waals surface area (Å²) >= 11 is 6.14. The Morgan fingerprint density at radius 3 is 2.63 bits per heavy atom. The van der Waals surface area contributed by atoms with Crippen molar-refractivity contribution in [2.75, 3.05) is 0 Å². The van der Waals surface area contributed by atoms with E-state index in [-0.39, 0.29) is 0 Å². The third-order valence-corrected chi connectivity index (χ3v) is 3.67. The second-order valence-corrected chi connectivity index (χ2v) is 5.00. The summed E-state index contributed by atoms with van der Waals surface area (Å²) in [7, 11) is 1.76. The van der Waals surface area contributed by atoms with Crippen LogP contribution in [0.15, 0.2) is 18.3 Å². The molecule has 0 amide bonds. The van der Waals surface area contributed by atoms with Crippen LogP contribution >= 0.6 is 11.6 Å². The SMILES string of the molecule is CCc1ccc(CC(O)c2c(C)nn(C)c2Cl)nc1. The molecule has 2 aromatic rings. The Balaban J connectivity index is 2.18. The van der Waals surface area contributed by atoms with Crippen LogP contribution in [0.3, 0.4) is 0 Å². The second kappa shape index (κ2) is 5.72. The Morgan fingerprint density at radius 2 is 2.16 bits per heavy atom. The zero-order valence-corrected chi connectivity index (χ0v) is 12.1. The molecule has 1 unspecified atom stereocenters. The Bertz CT molecular complexity index is 563. The third kappa shape index (κ3) is 2.96. The lowest BCUT2D eigenvalue weighted by molar-refractivity contribution is 0.176. The number of aryl methyl sites for hydroxylation is 3. The molecule has 0 saturated heterocycles. The summed E-state index contributed by atoms with van der Waals surface area (Å²) in [5.41, 5.74) is 3.48. The molecule has 2 heterocycles. The van der Waals surface area contributed by atoms with Crippen LogP contribution in [-0.4, -0.2) is 19.9 Å². The van der Waals surface area contributed by atoms with Gasteiger partial charge < -0.3 is 5.11 Å². The van der Waals surface area contributed by atoms with Gasteiger partial charge in [0, 0.05) is 30.9 Å². The molecule has 4 nitrogen and oxygen atoms in total. The summed E-state index contributed by atoms with van der Waals surface area (Å²) in [6.07, 6.45) is 2.57. The van der Waals surface area contributed by atoms with Crippen LogP contribution in [0, 0.1) is 6.92 Å². The molecule has 0 saturated carbocycles. The zero-order chi connectivity index (χ0) is 14.0. The van der Waals surface area contributed by atoms with Crippen molar-refractivity contribution in [2.24, 2.45) is 7.05 Å². The summed E-state index contributed by atoms with van der Waals surface area (Å²) < 4.78 is 1.57. The lowest BCUT2D eigenvalue weighted by atomic mass is 10.1. The number of nitrogens with zero attached hydrogens (tertiary/aromatic N) is 3. The molecule has 0 spiro atoms. The average Bonchev–Trinajstić information content (AvgIpc) is 2.64. The molecule has 0 bridgehead atoms. The van der Waals surface area contributed by atoms with E-state index in [1.54, 1.807) is 11.7 Å². The summed E-state index contributed by atoms with van der Waals surface area (Å²) in [5, 5.41) is 15.0. The first-order valence-corrected chi connectivity index (χ1v) is 6.71. The number of halogens is 1. The Labute approximate surface area is 118 Å². The lowest BCUT2D eigenvalue weighted by Gasteiger charge is -2.10. The summed E-state index contributed by atoms with van der Waals surface area (Å²) in [5.74, 6) is 0. The molecule has 0 aliphatic rings. The molecular formula is C14H18ClN3O. The van der Waals surface area contributed by atoms with Gasteiger partial charge in [0.05, 0.1) is 11.8 Å². The number of aromatic nitrogens is 3. The van der Waals surface area contributed by atoms with Crippen molar-refractivity contribution < 1.29 is 5.11 Å². The van der Waals surface area contributed by atoms with Crippen molar-refractivity contribution >= 4 is 11.6 Å². The van der Waals surface area contributed by atoms with Gasteiger partial charge >= 0.3 is 0 Å². The van der Waals surface area contributed by atoms with Crippen LogP contribution in [0.2, 0.25) is 5.15 Å². The molecule has 1 N–H and O–H groups in total. The van der Waals surface area contributed by atoms with Gasteiger partial charge in [0.1, 0.15) is 5.15 Å². The highest BCUT2D eigenvalue weighted by molar-refractivity contribution is 6.30. The second-order valence-electron chi connectivity index (χ2n) is 4.64. The van der Waals surface area contributed by atoms with Gasteiger partial charge in [-0.1, -0.05) is 24.6 Å². The van der Waals surface area contributed by atoms with Crippen LogP contribution in [0.1, 0.15) is 35.5 Å². The Hall–Kier alpha value is -1.39. The molecule has 19 heavy (non-hydrogen) atoms. The fraction of sp³-hybridized carbons (Fsp3) is 0.429. The van der Waals surface area contributed by atoms with E-state index < -0.39 is 6.10 Å². The number of aliphatic hydroxyl groups excluding tert-OH is 1. The molecule has 0 aromatic carbocycles. The minimum atomic E-state index is -0.679. The van der Waals surface area contributed by atoms with Crippen molar-refractivity contribution in [3.05, 3.63) is 46.0 Å². The number of hydrogen-bond acceptors (Lipinski definition) is 3. The van der Waals surface area contributed by atoms with E-state index in [4.69, 9.17) is 11.6 Å². The highest BCUT2D eigenvalue weighted by Crippen LogP contribution is 2.27. The minimum absolute atomic E-state index is 0.441. The predicted molar refractivity (Wildman–Crippen MR) is 75.2 cm³/mol. The van der Waals surface area contributed by atoms with E-state index in [2.05, 4.69) is 17.0 Å². The number of aliphatic hydroxyl groups is 1. The van der Waals surface area contributed by atoms with Crippen LogP contribution < -0.4 is 0 Å². The van der Waals surface area contributed by atoms with Crippen LogP contribution in [-0.2, 0) is 19.9 Å². The van der Waals surface area contributed by atoms with Gasteiger partial charge in [0.2, 0.25) is 0 Å². The van der Waals surface area contributed by atoms with Crippen molar-refractivity contribution in [3.63, 3.8) is 0 Å². The first-order valence-electron chi connectivity index (χ1n) is 6.33. The normalized spacial score (nSPS) is 12.7. The lowest BCUT2D eigenvalue weighted by Crippen LogP contribution is -2.05. The van der Waals surface area contributed by atoms with Crippen LogP contribution in [0.4, 0.5) is 0 Å². The van der Waals surface area contributed by atoms with Gasteiger partial charge in [-0.15, -0.1) is 0 Å². The maximum atomic E-state index is 10.3. The molecule has 0 aliphatic carbocycles. The maximum Gasteiger partial charge on any atom is 0.132 e. The standard InChI is InChI=1S/C14H18ClN3O/c1-4-10-5-6-11(16-8-10)7-12(19)13-9(2)17-18(3)14(13)15/h5-6,8,12,19H,4,7H2,1-3H3. The van der Waals surface area contributed by atoms with Crippen LogP contribution in [0.25, 0.3) is 0 Å². The summed E-state index contributed by atoms with van der Waals surface area (Å²) in [4.78, 5) is 4.35. The number of hydrogen-bond donors (Lipinski definition) is 1. The first-order chi connectivity index (χ1) is 9.02. The Morgan fingerprint density at radius 1 is 1.42 bits per heavy atom. The molecule has 2 rings (SSSR count). The topological polar surface area (TPSA) is 50.9 Å². The van der Waals surface area contributed by atoms with E-state index in [0.29, 0.717) is 17.1 Å². The average molecular weight is 280 g/mol. The molecule has 2 aromatic heterocycles. The van der Waals surface area contributed by atoms with Crippen molar-refractivity contribution in [2.45, 2.75) is 32.8 Å². The van der Waals surface area contributed by atoms with E-state index in [0.717, 1.165) is 17.8 Å². The van der Waals surface area contributed by atoms with Gasteiger partial charge in [-0.25, -0.2) is 0 Å². The number of rotatable bonds is 4. The highest BCUT2D eigenvalue weighted by atomic mass is 35.5. The maximum absolute atomic E-state index is 10.3. The van der Waals surface area contributed by atoms with Crippen molar-refractivity contribution in [1.82, 2.24) is 14.8 Å². The van der Waals surface area contributed by atoms with E-state index in [1.165, 1.54) is 5.56 Å². The number of pyridine rings is 1. The highest BCUT2D eigenvalue weighted by Gasteiger charge is 2.20. The fourth-order valence-corrected chi connectivity index (χ4v) is 2.41. The molecule has 0 fully saturated rings. The van der Waals surface area contributed by atoms with E-state index in [1.807, 2.05) is 25.3 Å². The first kappa shape index (κ1) is 14.0. The van der Waals surface area contributed by atoms with E-state index >= 15 is 0 Å². The summed E-state index contributed by atoms with van der Waals surface area (Å²) in [6, 6.07) is 3.98. The zero-order valence-electron chi connectivity index (χ0n) is 11.4. The van der Waals surface area contributed by atoms with E-state index in [9.17, 15) is 5.11 Å².